The van der Waals surface area contributed by atoms with Crippen molar-refractivity contribution in [3.8, 4) is 0 Å². The quantitative estimate of drug-likeness (QED) is 0.671. The topological polar surface area (TPSA) is 80.4 Å². The minimum atomic E-state index is -0.0433. The highest BCUT2D eigenvalue weighted by Crippen LogP contribution is 2.36. The van der Waals surface area contributed by atoms with Crippen LogP contribution in [0, 0.1) is 0 Å². The Hall–Kier alpha value is -2.13. The van der Waals surface area contributed by atoms with Gasteiger partial charge in [0.2, 0.25) is 11.1 Å². The number of rotatable bonds is 7. The van der Waals surface area contributed by atoms with Gasteiger partial charge in [0, 0.05) is 11.4 Å². The summed E-state index contributed by atoms with van der Waals surface area (Å²) in [7, 11) is 0. The number of benzene rings is 1. The number of thioether (sulfide) groups is 1. The molecule has 2 heterocycles. The van der Waals surface area contributed by atoms with Crippen LogP contribution in [0.5, 0.6) is 0 Å². The van der Waals surface area contributed by atoms with Gasteiger partial charge < -0.3 is 15.1 Å². The predicted molar refractivity (Wildman–Crippen MR) is 105 cm³/mol. The maximum absolute atomic E-state index is 12.2. The Bertz CT molecular complexity index is 766. The van der Waals surface area contributed by atoms with Gasteiger partial charge in [0.15, 0.2) is 0 Å². The van der Waals surface area contributed by atoms with Gasteiger partial charge in [-0.15, -0.1) is 5.10 Å². The monoisotopic (exact) mass is 388 g/mol. The lowest BCUT2D eigenvalue weighted by atomic mass is 10.2. The third-order valence-electron chi connectivity index (χ3n) is 5.17. The fourth-order valence-corrected chi connectivity index (χ4v) is 4.09. The third-order valence-corrected chi connectivity index (χ3v) is 6.11. The van der Waals surface area contributed by atoms with Crippen LogP contribution in [0.1, 0.15) is 25.8 Å². The molecule has 2 fully saturated rings. The fraction of sp³-hybridized carbons (Fsp3) is 0.556. The molecule has 27 heavy (non-hydrogen) atoms. The first-order chi connectivity index (χ1) is 13.2. The Balaban J connectivity index is 1.26. The number of carbonyl (C=O) groups excluding carboxylic acids is 1. The van der Waals surface area contributed by atoms with Gasteiger partial charge in [-0.05, 0) is 54.5 Å². The fourth-order valence-electron chi connectivity index (χ4n) is 3.35. The molecule has 1 aliphatic heterocycles. The minimum Gasteiger partial charge on any atom is -0.360 e. The first-order valence-corrected chi connectivity index (χ1v) is 10.6. The standard InChI is InChI=1S/C18H25N7OS/c1-2-23-9-11-24(12-10-23)15-5-3-14(4-6-15)19-17(26)13-27-18-20-21-22-25(18)16-7-8-16/h3-6,16H,2,7-13H2,1H3,(H,19,26)/p+1. The number of aromatic nitrogens is 4. The number of anilines is 2. The normalized spacial score (nSPS) is 17.9. The van der Waals surface area contributed by atoms with E-state index in [-0.39, 0.29) is 5.91 Å². The van der Waals surface area contributed by atoms with E-state index in [4.69, 9.17) is 0 Å². The highest BCUT2D eigenvalue weighted by Gasteiger charge is 2.28. The van der Waals surface area contributed by atoms with Crippen LogP contribution >= 0.6 is 11.8 Å². The van der Waals surface area contributed by atoms with Crippen LogP contribution in [0.3, 0.4) is 0 Å². The summed E-state index contributed by atoms with van der Waals surface area (Å²) in [5.41, 5.74) is 2.05. The Kier molecular flexibility index (Phi) is 5.58. The van der Waals surface area contributed by atoms with Gasteiger partial charge in [-0.2, -0.15) is 0 Å². The molecule has 9 heteroatoms. The summed E-state index contributed by atoms with van der Waals surface area (Å²) >= 11 is 1.38. The molecular formula is C18H26N7OS+. The molecular weight excluding hydrogens is 362 g/mol. The number of nitrogens with one attached hydrogen (secondary N) is 2. The Morgan fingerprint density at radius 1 is 1.26 bits per heavy atom. The van der Waals surface area contributed by atoms with E-state index in [1.807, 2.05) is 16.8 Å². The van der Waals surface area contributed by atoms with E-state index in [0.717, 1.165) is 36.8 Å². The van der Waals surface area contributed by atoms with Gasteiger partial charge >= 0.3 is 0 Å². The van der Waals surface area contributed by atoms with Crippen molar-refractivity contribution in [1.29, 1.82) is 0 Å². The number of nitrogens with zero attached hydrogens (tertiary/aromatic N) is 5. The molecule has 2 N–H and O–H groups in total. The van der Waals surface area contributed by atoms with Crippen molar-refractivity contribution in [2.24, 2.45) is 0 Å². The molecule has 1 saturated heterocycles. The smallest absolute Gasteiger partial charge is 0.234 e. The average molecular weight is 389 g/mol. The zero-order chi connectivity index (χ0) is 18.6. The van der Waals surface area contributed by atoms with Gasteiger partial charge in [-0.25, -0.2) is 4.68 Å². The number of likely N-dealkylation sites (N-methyl/N-ethyl adjacent to an activating group) is 1. The van der Waals surface area contributed by atoms with Crippen molar-refractivity contribution >= 4 is 29.0 Å². The van der Waals surface area contributed by atoms with Crippen LogP contribution in [-0.4, -0.2) is 64.6 Å². The SMILES string of the molecule is CC[NH+]1CCN(c2ccc(NC(=O)CSc3nnnn3C3CC3)cc2)CC1. The van der Waals surface area contributed by atoms with Crippen LogP contribution < -0.4 is 15.1 Å². The van der Waals surface area contributed by atoms with E-state index in [0.29, 0.717) is 11.8 Å². The van der Waals surface area contributed by atoms with E-state index in [2.05, 4.69) is 44.8 Å². The first kappa shape index (κ1) is 18.2. The van der Waals surface area contributed by atoms with E-state index in [1.54, 1.807) is 4.90 Å². The summed E-state index contributed by atoms with van der Waals surface area (Å²) in [6, 6.07) is 8.55. The van der Waals surface area contributed by atoms with Crippen molar-refractivity contribution < 1.29 is 9.69 Å². The summed E-state index contributed by atoms with van der Waals surface area (Å²) < 4.78 is 1.83. The first-order valence-electron chi connectivity index (χ1n) is 9.62. The van der Waals surface area contributed by atoms with Crippen molar-refractivity contribution in [2.45, 2.75) is 31.0 Å². The zero-order valence-electron chi connectivity index (χ0n) is 15.6. The molecule has 2 aromatic rings. The molecule has 0 bridgehead atoms. The number of hydrogen-bond donors (Lipinski definition) is 2. The highest BCUT2D eigenvalue weighted by molar-refractivity contribution is 7.99. The molecule has 1 amide bonds. The van der Waals surface area contributed by atoms with Crippen LogP contribution in [0.4, 0.5) is 11.4 Å². The van der Waals surface area contributed by atoms with E-state index in [9.17, 15) is 4.79 Å². The molecule has 0 atom stereocenters. The van der Waals surface area contributed by atoms with E-state index in [1.165, 1.54) is 37.1 Å². The van der Waals surface area contributed by atoms with Crippen molar-refractivity contribution in [1.82, 2.24) is 20.2 Å². The molecule has 0 radical (unpaired) electrons. The van der Waals surface area contributed by atoms with Crippen molar-refractivity contribution in [3.05, 3.63) is 24.3 Å². The van der Waals surface area contributed by atoms with Gasteiger partial charge in [-0.1, -0.05) is 11.8 Å². The molecule has 1 aromatic carbocycles. The second-order valence-electron chi connectivity index (χ2n) is 7.11. The lowest BCUT2D eigenvalue weighted by molar-refractivity contribution is -0.898. The second kappa shape index (κ2) is 8.26. The molecule has 4 rings (SSSR count). The third kappa shape index (κ3) is 4.59. The summed E-state index contributed by atoms with van der Waals surface area (Å²) in [4.78, 5) is 16.3. The highest BCUT2D eigenvalue weighted by atomic mass is 32.2. The Labute approximate surface area is 163 Å². The van der Waals surface area contributed by atoms with Crippen LogP contribution in [0.25, 0.3) is 0 Å². The number of tetrazole rings is 1. The van der Waals surface area contributed by atoms with Crippen molar-refractivity contribution in [3.63, 3.8) is 0 Å². The molecule has 0 spiro atoms. The Morgan fingerprint density at radius 3 is 2.67 bits per heavy atom. The maximum atomic E-state index is 12.2. The van der Waals surface area contributed by atoms with Gasteiger partial charge in [-0.3, -0.25) is 4.79 Å². The number of amides is 1. The summed E-state index contributed by atoms with van der Waals surface area (Å²) in [6.07, 6.45) is 2.23. The largest absolute Gasteiger partial charge is 0.360 e. The van der Waals surface area contributed by atoms with E-state index < -0.39 is 0 Å². The predicted octanol–water partition coefficient (Wildman–Crippen LogP) is 0.464. The van der Waals surface area contributed by atoms with Gasteiger partial charge in [0.05, 0.1) is 44.5 Å². The lowest BCUT2D eigenvalue weighted by Gasteiger charge is -2.33. The average Bonchev–Trinajstić information content (AvgIpc) is 3.45. The minimum absolute atomic E-state index is 0.0433. The molecule has 2 aliphatic rings. The Morgan fingerprint density at radius 2 is 2.00 bits per heavy atom. The molecule has 1 aliphatic carbocycles. The van der Waals surface area contributed by atoms with Crippen molar-refractivity contribution in [2.75, 3.05) is 48.7 Å². The molecule has 1 aromatic heterocycles. The number of piperazine rings is 1. The van der Waals surface area contributed by atoms with Crippen LogP contribution in [-0.2, 0) is 4.79 Å². The van der Waals surface area contributed by atoms with E-state index >= 15 is 0 Å². The zero-order valence-corrected chi connectivity index (χ0v) is 16.4. The number of quaternary nitrogens is 1. The number of hydrogen-bond acceptors (Lipinski definition) is 6. The molecule has 1 saturated carbocycles. The molecule has 8 nitrogen and oxygen atoms in total. The molecule has 144 valence electrons. The second-order valence-corrected chi connectivity index (χ2v) is 8.05. The summed E-state index contributed by atoms with van der Waals surface area (Å²) in [6.45, 7) is 7.98. The van der Waals surface area contributed by atoms with Crippen LogP contribution in [0.2, 0.25) is 0 Å². The lowest BCUT2D eigenvalue weighted by Crippen LogP contribution is -3.14. The van der Waals surface area contributed by atoms with Gasteiger partial charge in [0.25, 0.3) is 0 Å². The van der Waals surface area contributed by atoms with Gasteiger partial charge in [0.1, 0.15) is 0 Å². The maximum Gasteiger partial charge on any atom is 0.234 e. The van der Waals surface area contributed by atoms with Crippen LogP contribution in [0.15, 0.2) is 29.4 Å². The number of carbonyl (C=O) groups is 1. The summed E-state index contributed by atoms with van der Waals surface area (Å²) in [5.74, 6) is 0.259. The summed E-state index contributed by atoms with van der Waals surface area (Å²) in [5, 5.41) is 15.4. The molecule has 0 unspecified atom stereocenters.